The van der Waals surface area contributed by atoms with Gasteiger partial charge in [-0.1, -0.05) is 37.9 Å². The van der Waals surface area contributed by atoms with Gasteiger partial charge in [0.25, 0.3) is 0 Å². The number of nitrogens with zero attached hydrogens (tertiary/aromatic N) is 2. The smallest absolute Gasteiger partial charge is 0.230 e. The number of pyridine rings is 1. The summed E-state index contributed by atoms with van der Waals surface area (Å²) in [4.78, 5) is 4.15. The average molecular weight is 259 g/mol. The van der Waals surface area contributed by atoms with Gasteiger partial charge in [-0.2, -0.15) is 0 Å². The minimum atomic E-state index is 0.389. The monoisotopic (exact) mass is 259 g/mol. The minimum Gasteiger partial charge on any atom is -0.367 e. The van der Waals surface area contributed by atoms with Crippen LogP contribution in [-0.4, -0.2) is 10.1 Å². The molecule has 0 aliphatic rings. The van der Waals surface area contributed by atoms with Crippen LogP contribution >= 0.6 is 0 Å². The highest BCUT2D eigenvalue weighted by Crippen LogP contribution is 2.37. The summed E-state index contributed by atoms with van der Waals surface area (Å²) in [7, 11) is 0. The first-order valence-corrected chi connectivity index (χ1v) is 6.93. The lowest BCUT2D eigenvalue weighted by atomic mass is 9.90. The first-order valence-electron chi connectivity index (χ1n) is 6.93. The Balaban J connectivity index is 2.41. The van der Waals surface area contributed by atoms with Crippen LogP contribution in [0.25, 0.3) is 11.1 Å². The van der Waals surface area contributed by atoms with Crippen molar-refractivity contribution in [1.29, 1.82) is 0 Å². The van der Waals surface area contributed by atoms with Gasteiger partial charge in [0.1, 0.15) is 0 Å². The van der Waals surface area contributed by atoms with Gasteiger partial charge in [0.15, 0.2) is 0 Å². The lowest BCUT2D eigenvalue weighted by Crippen LogP contribution is -2.01. The Hall–Kier alpha value is -1.84. The predicted octanol–water partition coefficient (Wildman–Crippen LogP) is 4.00. The normalized spacial score (nSPS) is 11.1. The molecular formula is C15H21N3O. The van der Waals surface area contributed by atoms with Gasteiger partial charge in [-0.3, -0.25) is 4.98 Å². The molecule has 0 fully saturated rings. The number of nitrogen functional groups attached to an aromatic ring is 1. The van der Waals surface area contributed by atoms with E-state index in [0.29, 0.717) is 11.8 Å². The number of hydrogen-bond donors (Lipinski definition) is 1. The summed E-state index contributed by atoms with van der Waals surface area (Å²) < 4.78 is 5.22. The second-order valence-electron chi connectivity index (χ2n) is 4.82. The zero-order chi connectivity index (χ0) is 13.7. The molecule has 2 N–H and O–H groups in total. The zero-order valence-electron chi connectivity index (χ0n) is 11.6. The van der Waals surface area contributed by atoms with E-state index in [1.165, 1.54) is 0 Å². The van der Waals surface area contributed by atoms with Crippen LogP contribution in [0.1, 0.15) is 51.1 Å². The maximum atomic E-state index is 5.95. The number of hydrogen-bond acceptors (Lipinski definition) is 4. The van der Waals surface area contributed by atoms with Crippen LogP contribution in [-0.2, 0) is 0 Å². The second kappa shape index (κ2) is 6.36. The van der Waals surface area contributed by atoms with E-state index < -0.39 is 0 Å². The fourth-order valence-electron chi connectivity index (χ4n) is 2.51. The summed E-state index contributed by atoms with van der Waals surface area (Å²) >= 11 is 0. The van der Waals surface area contributed by atoms with Crippen molar-refractivity contribution in [2.75, 3.05) is 5.73 Å². The first-order chi connectivity index (χ1) is 9.27. The lowest BCUT2D eigenvalue weighted by Gasteiger charge is -2.13. The highest BCUT2D eigenvalue weighted by atomic mass is 16.5. The third-order valence-corrected chi connectivity index (χ3v) is 3.36. The molecule has 0 radical (unpaired) electrons. The van der Waals surface area contributed by atoms with E-state index in [0.717, 1.165) is 42.5 Å². The molecule has 0 aromatic carbocycles. The highest BCUT2D eigenvalue weighted by Gasteiger charge is 2.22. The molecule has 0 aliphatic carbocycles. The SMILES string of the molecule is CCCC(CCC)c1noc(N)c1-c1cccnc1. The molecular weight excluding hydrogens is 238 g/mol. The fraction of sp³-hybridized carbons (Fsp3) is 0.467. The quantitative estimate of drug-likeness (QED) is 0.851. The van der Waals surface area contributed by atoms with Crippen molar-refractivity contribution < 1.29 is 4.52 Å². The van der Waals surface area contributed by atoms with Gasteiger partial charge < -0.3 is 10.3 Å². The lowest BCUT2D eigenvalue weighted by molar-refractivity contribution is 0.411. The molecule has 2 aromatic rings. The molecule has 0 spiro atoms. The summed E-state index contributed by atoms with van der Waals surface area (Å²) in [6.45, 7) is 4.38. The molecule has 0 unspecified atom stereocenters. The number of aromatic nitrogens is 2. The molecule has 4 nitrogen and oxygen atoms in total. The number of anilines is 1. The summed E-state index contributed by atoms with van der Waals surface area (Å²) in [5, 5.41) is 4.20. The van der Waals surface area contributed by atoms with Crippen LogP contribution in [0.2, 0.25) is 0 Å². The largest absolute Gasteiger partial charge is 0.367 e. The van der Waals surface area contributed by atoms with E-state index >= 15 is 0 Å². The van der Waals surface area contributed by atoms with Crippen LogP contribution in [0.4, 0.5) is 5.88 Å². The summed E-state index contributed by atoms with van der Waals surface area (Å²) in [6, 6.07) is 3.90. The van der Waals surface area contributed by atoms with E-state index in [9.17, 15) is 0 Å². The molecule has 102 valence electrons. The maximum Gasteiger partial charge on any atom is 0.230 e. The molecule has 2 heterocycles. The van der Waals surface area contributed by atoms with Crippen LogP contribution in [0.5, 0.6) is 0 Å². The Morgan fingerprint density at radius 2 is 2.00 bits per heavy atom. The van der Waals surface area contributed by atoms with Crippen molar-refractivity contribution in [3.05, 3.63) is 30.2 Å². The van der Waals surface area contributed by atoms with Crippen molar-refractivity contribution in [2.45, 2.75) is 45.4 Å². The third kappa shape index (κ3) is 2.95. The molecule has 19 heavy (non-hydrogen) atoms. The van der Waals surface area contributed by atoms with E-state index in [1.807, 2.05) is 12.1 Å². The van der Waals surface area contributed by atoms with E-state index in [4.69, 9.17) is 10.3 Å². The highest BCUT2D eigenvalue weighted by molar-refractivity contribution is 5.74. The molecule has 0 aliphatic heterocycles. The molecule has 0 amide bonds. The maximum absolute atomic E-state index is 5.95. The topological polar surface area (TPSA) is 64.9 Å². The van der Waals surface area contributed by atoms with Gasteiger partial charge in [0, 0.05) is 23.9 Å². The molecule has 4 heteroatoms. The van der Waals surface area contributed by atoms with Gasteiger partial charge in [-0.15, -0.1) is 0 Å². The van der Waals surface area contributed by atoms with Crippen molar-refractivity contribution >= 4 is 5.88 Å². The van der Waals surface area contributed by atoms with E-state index in [2.05, 4.69) is 24.0 Å². The third-order valence-electron chi connectivity index (χ3n) is 3.36. The van der Waals surface area contributed by atoms with Gasteiger partial charge in [0.2, 0.25) is 5.88 Å². The zero-order valence-corrected chi connectivity index (χ0v) is 11.6. The number of rotatable bonds is 6. The van der Waals surface area contributed by atoms with Gasteiger partial charge in [0.05, 0.1) is 11.3 Å². The van der Waals surface area contributed by atoms with Gasteiger partial charge in [-0.05, 0) is 18.9 Å². The average Bonchev–Trinajstić information content (AvgIpc) is 2.81. The molecule has 0 bridgehead atoms. The molecule has 0 saturated carbocycles. The van der Waals surface area contributed by atoms with Gasteiger partial charge in [-0.25, -0.2) is 0 Å². The van der Waals surface area contributed by atoms with Crippen molar-refractivity contribution in [3.63, 3.8) is 0 Å². The Labute approximate surface area is 114 Å². The number of nitrogens with two attached hydrogens (primary N) is 1. The second-order valence-corrected chi connectivity index (χ2v) is 4.82. The summed E-state index contributed by atoms with van der Waals surface area (Å²) in [5.74, 6) is 0.798. The van der Waals surface area contributed by atoms with Crippen molar-refractivity contribution in [1.82, 2.24) is 10.1 Å². The molecule has 0 saturated heterocycles. The Bertz CT molecular complexity index is 501. The van der Waals surface area contributed by atoms with Crippen LogP contribution < -0.4 is 5.73 Å². The van der Waals surface area contributed by atoms with Crippen LogP contribution in [0.15, 0.2) is 29.0 Å². The molecule has 2 aromatic heterocycles. The molecule has 2 rings (SSSR count). The molecule has 0 atom stereocenters. The fourth-order valence-corrected chi connectivity index (χ4v) is 2.51. The van der Waals surface area contributed by atoms with Gasteiger partial charge >= 0.3 is 0 Å². The Morgan fingerprint density at radius 3 is 2.58 bits per heavy atom. The summed E-state index contributed by atoms with van der Waals surface area (Å²) in [6.07, 6.45) is 8.03. The minimum absolute atomic E-state index is 0.389. The predicted molar refractivity (Wildman–Crippen MR) is 76.7 cm³/mol. The van der Waals surface area contributed by atoms with Crippen LogP contribution in [0, 0.1) is 0 Å². The van der Waals surface area contributed by atoms with Crippen molar-refractivity contribution in [2.24, 2.45) is 0 Å². The Kier molecular flexibility index (Phi) is 4.55. The standard InChI is InChI=1S/C15H21N3O/c1-3-6-11(7-4-2)14-13(15(16)19-18-14)12-8-5-9-17-10-12/h5,8-11H,3-4,6-7,16H2,1-2H3. The summed E-state index contributed by atoms with van der Waals surface area (Å²) in [5.41, 5.74) is 8.82. The van der Waals surface area contributed by atoms with Crippen LogP contribution in [0.3, 0.4) is 0 Å². The van der Waals surface area contributed by atoms with E-state index in [1.54, 1.807) is 12.4 Å². The Morgan fingerprint density at radius 1 is 1.26 bits per heavy atom. The first kappa shape index (κ1) is 13.6. The van der Waals surface area contributed by atoms with E-state index in [-0.39, 0.29) is 0 Å². The van der Waals surface area contributed by atoms with Crippen molar-refractivity contribution in [3.8, 4) is 11.1 Å².